The summed E-state index contributed by atoms with van der Waals surface area (Å²) in [5.74, 6) is 0.114. The Morgan fingerprint density at radius 2 is 2.00 bits per heavy atom. The van der Waals surface area contributed by atoms with Gasteiger partial charge in [0, 0.05) is 6.54 Å². The molecule has 108 valence electrons. The van der Waals surface area contributed by atoms with Crippen molar-refractivity contribution in [3.05, 3.63) is 18.2 Å². The van der Waals surface area contributed by atoms with Gasteiger partial charge < -0.3 is 15.9 Å². The Kier molecular flexibility index (Phi) is 5.16. The van der Waals surface area contributed by atoms with E-state index >= 15 is 0 Å². The number of nitrogens with two attached hydrogens (primary N) is 1. The van der Waals surface area contributed by atoms with Gasteiger partial charge in [0.15, 0.2) is 0 Å². The number of anilines is 1. The van der Waals surface area contributed by atoms with Gasteiger partial charge in [-0.25, -0.2) is 13.1 Å². The summed E-state index contributed by atoms with van der Waals surface area (Å²) in [6, 6.07) is 3.64. The first-order valence-electron chi connectivity index (χ1n) is 5.98. The van der Waals surface area contributed by atoms with Crippen LogP contribution < -0.4 is 10.5 Å². The first-order valence-corrected chi connectivity index (χ1v) is 7.47. The fraction of sp³-hybridized carbons (Fsp3) is 0.500. The minimum absolute atomic E-state index is 0.00870. The largest absolute Gasteiger partial charge is 0.506 e. The number of rotatable bonds is 6. The lowest BCUT2D eigenvalue weighted by molar-refractivity contribution is 0.152. The minimum atomic E-state index is -3.73. The van der Waals surface area contributed by atoms with E-state index in [0.29, 0.717) is 6.42 Å². The second-order valence-corrected chi connectivity index (χ2v) is 6.62. The Balaban J connectivity index is 2.73. The number of phenols is 1. The van der Waals surface area contributed by atoms with Crippen LogP contribution in [0.3, 0.4) is 0 Å². The van der Waals surface area contributed by atoms with Crippen LogP contribution in [0.4, 0.5) is 5.69 Å². The van der Waals surface area contributed by atoms with Gasteiger partial charge in [-0.05, 0) is 30.5 Å². The summed E-state index contributed by atoms with van der Waals surface area (Å²) in [7, 11) is -3.73. The predicted molar refractivity (Wildman–Crippen MR) is 73.2 cm³/mol. The Bertz CT molecular complexity index is 529. The molecule has 0 heterocycles. The van der Waals surface area contributed by atoms with Gasteiger partial charge in [-0.15, -0.1) is 0 Å². The summed E-state index contributed by atoms with van der Waals surface area (Å²) >= 11 is 0. The van der Waals surface area contributed by atoms with Crippen molar-refractivity contribution in [2.75, 3.05) is 12.3 Å². The van der Waals surface area contributed by atoms with Crippen molar-refractivity contribution in [1.29, 1.82) is 0 Å². The molecule has 0 aliphatic rings. The highest BCUT2D eigenvalue weighted by Crippen LogP contribution is 2.22. The van der Waals surface area contributed by atoms with Crippen LogP contribution in [0, 0.1) is 5.92 Å². The highest BCUT2D eigenvalue weighted by atomic mass is 32.2. The first-order chi connectivity index (χ1) is 8.72. The highest BCUT2D eigenvalue weighted by molar-refractivity contribution is 7.89. The van der Waals surface area contributed by atoms with E-state index in [0.717, 1.165) is 0 Å². The summed E-state index contributed by atoms with van der Waals surface area (Å²) in [4.78, 5) is -0.0421. The standard InChI is InChI=1S/C12H20N2O4S/c1-8(2)5-9(15)7-14-19(17,18)10-3-4-12(16)11(13)6-10/h3-4,6,8-9,14-16H,5,7,13H2,1-2H3. The molecule has 1 atom stereocenters. The average Bonchev–Trinajstić information content (AvgIpc) is 2.29. The number of aromatic hydroxyl groups is 1. The Hall–Kier alpha value is -1.31. The molecule has 0 aromatic heterocycles. The fourth-order valence-corrected chi connectivity index (χ4v) is 2.72. The molecule has 1 aromatic rings. The number of hydrogen-bond donors (Lipinski definition) is 4. The number of aliphatic hydroxyl groups excluding tert-OH is 1. The van der Waals surface area contributed by atoms with E-state index in [9.17, 15) is 18.6 Å². The van der Waals surface area contributed by atoms with E-state index in [1.54, 1.807) is 0 Å². The maximum absolute atomic E-state index is 11.9. The molecule has 1 unspecified atom stereocenters. The molecule has 0 bridgehead atoms. The van der Waals surface area contributed by atoms with Crippen molar-refractivity contribution in [1.82, 2.24) is 4.72 Å². The van der Waals surface area contributed by atoms with Gasteiger partial charge in [-0.1, -0.05) is 13.8 Å². The van der Waals surface area contributed by atoms with Crippen LogP contribution in [0.25, 0.3) is 0 Å². The number of phenolic OH excluding ortho intramolecular Hbond substituents is 1. The van der Waals surface area contributed by atoms with Crippen LogP contribution in [0.1, 0.15) is 20.3 Å². The van der Waals surface area contributed by atoms with Gasteiger partial charge >= 0.3 is 0 Å². The van der Waals surface area contributed by atoms with E-state index in [4.69, 9.17) is 5.73 Å². The van der Waals surface area contributed by atoms with E-state index in [1.165, 1.54) is 18.2 Å². The second-order valence-electron chi connectivity index (χ2n) is 4.86. The molecule has 0 saturated carbocycles. The fourth-order valence-electron chi connectivity index (χ4n) is 1.62. The Labute approximate surface area is 113 Å². The van der Waals surface area contributed by atoms with Gasteiger partial charge in [0.2, 0.25) is 10.0 Å². The van der Waals surface area contributed by atoms with Crippen LogP contribution in [-0.4, -0.2) is 31.3 Å². The maximum Gasteiger partial charge on any atom is 0.240 e. The number of benzene rings is 1. The predicted octanol–water partition coefficient (Wildman–Crippen LogP) is 0.660. The second kappa shape index (κ2) is 6.23. The third-order valence-electron chi connectivity index (χ3n) is 2.56. The molecule has 0 radical (unpaired) electrons. The number of nitrogens with one attached hydrogen (secondary N) is 1. The lowest BCUT2D eigenvalue weighted by atomic mass is 10.1. The van der Waals surface area contributed by atoms with Crippen LogP contribution >= 0.6 is 0 Å². The molecule has 0 aliphatic heterocycles. The highest BCUT2D eigenvalue weighted by Gasteiger charge is 2.17. The zero-order valence-electron chi connectivity index (χ0n) is 11.0. The molecular weight excluding hydrogens is 268 g/mol. The first kappa shape index (κ1) is 15.7. The molecule has 5 N–H and O–H groups in total. The number of sulfonamides is 1. The third-order valence-corrected chi connectivity index (χ3v) is 3.98. The van der Waals surface area contributed by atoms with E-state index < -0.39 is 16.1 Å². The summed E-state index contributed by atoms with van der Waals surface area (Å²) in [5, 5.41) is 18.9. The van der Waals surface area contributed by atoms with Gasteiger partial charge in [0.1, 0.15) is 5.75 Å². The number of hydrogen-bond acceptors (Lipinski definition) is 5. The van der Waals surface area contributed by atoms with Crippen LogP contribution in [0.2, 0.25) is 0 Å². The summed E-state index contributed by atoms with van der Waals surface area (Å²) in [6.45, 7) is 3.83. The van der Waals surface area contributed by atoms with Crippen molar-refractivity contribution in [3.63, 3.8) is 0 Å². The molecule has 7 heteroatoms. The van der Waals surface area contributed by atoms with Crippen LogP contribution in [-0.2, 0) is 10.0 Å². The zero-order valence-corrected chi connectivity index (χ0v) is 11.8. The maximum atomic E-state index is 11.9. The van der Waals surface area contributed by atoms with Crippen LogP contribution in [0.15, 0.2) is 23.1 Å². The molecule has 0 aliphatic carbocycles. The van der Waals surface area contributed by atoms with Gasteiger partial charge in [0.25, 0.3) is 0 Å². The molecular formula is C12H20N2O4S. The van der Waals surface area contributed by atoms with Gasteiger partial charge in [-0.2, -0.15) is 0 Å². The topological polar surface area (TPSA) is 113 Å². The monoisotopic (exact) mass is 288 g/mol. The van der Waals surface area contributed by atoms with E-state index in [2.05, 4.69) is 4.72 Å². The number of aliphatic hydroxyl groups is 1. The third kappa shape index (κ3) is 4.70. The molecule has 1 rings (SSSR count). The molecule has 1 aromatic carbocycles. The molecule has 6 nitrogen and oxygen atoms in total. The molecule has 19 heavy (non-hydrogen) atoms. The van der Waals surface area contributed by atoms with Gasteiger partial charge in [0.05, 0.1) is 16.7 Å². The average molecular weight is 288 g/mol. The van der Waals surface area contributed by atoms with Crippen molar-refractivity contribution in [2.45, 2.75) is 31.3 Å². The smallest absolute Gasteiger partial charge is 0.240 e. The Morgan fingerprint density at radius 1 is 1.37 bits per heavy atom. The van der Waals surface area contributed by atoms with Crippen molar-refractivity contribution < 1.29 is 18.6 Å². The Morgan fingerprint density at radius 3 is 2.53 bits per heavy atom. The van der Waals surface area contributed by atoms with E-state index in [1.807, 2.05) is 13.8 Å². The summed E-state index contributed by atoms with van der Waals surface area (Å²) in [5.41, 5.74) is 5.44. The lowest BCUT2D eigenvalue weighted by Crippen LogP contribution is -2.32. The summed E-state index contributed by atoms with van der Waals surface area (Å²) in [6.07, 6.45) is -0.218. The van der Waals surface area contributed by atoms with Crippen molar-refractivity contribution in [3.8, 4) is 5.75 Å². The zero-order chi connectivity index (χ0) is 14.6. The van der Waals surface area contributed by atoms with Gasteiger partial charge in [-0.3, -0.25) is 0 Å². The lowest BCUT2D eigenvalue weighted by Gasteiger charge is -2.14. The molecule has 0 spiro atoms. The van der Waals surface area contributed by atoms with Crippen molar-refractivity contribution in [2.24, 2.45) is 5.92 Å². The molecule has 0 amide bonds. The SMILES string of the molecule is CC(C)CC(O)CNS(=O)(=O)c1ccc(O)c(N)c1. The van der Waals surface area contributed by atoms with E-state index in [-0.39, 0.29) is 28.8 Å². The number of nitrogen functional groups attached to an aromatic ring is 1. The molecule has 0 fully saturated rings. The normalized spacial score (nSPS) is 13.7. The quantitative estimate of drug-likeness (QED) is 0.454. The van der Waals surface area contributed by atoms with Crippen molar-refractivity contribution >= 4 is 15.7 Å². The summed E-state index contributed by atoms with van der Waals surface area (Å²) < 4.78 is 26.2. The van der Waals surface area contributed by atoms with Crippen LogP contribution in [0.5, 0.6) is 5.75 Å². The minimum Gasteiger partial charge on any atom is -0.506 e. The molecule has 0 saturated heterocycles.